The van der Waals surface area contributed by atoms with Crippen LogP contribution in [-0.2, 0) is 0 Å². The van der Waals surface area contributed by atoms with Gasteiger partial charge in [-0.05, 0) is 112 Å². The Labute approximate surface area is 166 Å². The summed E-state index contributed by atoms with van der Waals surface area (Å²) in [5, 5.41) is 10.0. The van der Waals surface area contributed by atoms with E-state index in [0.717, 1.165) is 47.0 Å². The first-order valence-electron chi connectivity index (χ1n) is 12.0. The molecule has 0 saturated heterocycles. The van der Waals surface area contributed by atoms with Crippen molar-refractivity contribution in [1.29, 1.82) is 0 Å². The van der Waals surface area contributed by atoms with Gasteiger partial charge in [0.2, 0.25) is 0 Å². The van der Waals surface area contributed by atoms with Crippen molar-refractivity contribution < 1.29 is 9.90 Å². The van der Waals surface area contributed by atoms with Crippen molar-refractivity contribution in [2.24, 2.45) is 47.3 Å². The molecule has 0 aliphatic heterocycles. The van der Waals surface area contributed by atoms with Crippen LogP contribution < -0.4 is 0 Å². The number of hydrogen-bond donors (Lipinski definition) is 2. The Kier molecular flexibility index (Phi) is 3.32. The minimum absolute atomic E-state index is 0.376. The fourth-order valence-electron chi connectivity index (χ4n) is 9.74. The third kappa shape index (κ3) is 2.24. The smallest absolute Gasteiger partial charge is 0.356 e. The highest BCUT2D eigenvalue weighted by atomic mass is 16.4. The van der Waals surface area contributed by atoms with Crippen molar-refractivity contribution in [1.82, 2.24) is 9.97 Å². The summed E-state index contributed by atoms with van der Waals surface area (Å²) in [5.74, 6) is 7.76. The summed E-state index contributed by atoms with van der Waals surface area (Å²) in [7, 11) is 0. The largest absolute Gasteiger partial charge is 0.476 e. The highest BCUT2D eigenvalue weighted by Gasteiger charge is 2.52. The average Bonchev–Trinajstić information content (AvgIpc) is 3.05. The van der Waals surface area contributed by atoms with E-state index >= 15 is 0 Å². The van der Waals surface area contributed by atoms with Gasteiger partial charge in [-0.25, -0.2) is 9.78 Å². The summed E-state index contributed by atoms with van der Waals surface area (Å²) in [4.78, 5) is 20.7. The van der Waals surface area contributed by atoms with Gasteiger partial charge in [-0.1, -0.05) is 0 Å². The molecule has 1 aromatic rings. The highest BCUT2D eigenvalue weighted by Crippen LogP contribution is 2.62. The molecule has 9 rings (SSSR count). The van der Waals surface area contributed by atoms with Gasteiger partial charge in [-0.2, -0.15) is 0 Å². The van der Waals surface area contributed by atoms with Crippen molar-refractivity contribution in [3.63, 3.8) is 0 Å². The molecule has 1 heterocycles. The van der Waals surface area contributed by atoms with Crippen LogP contribution in [0.3, 0.4) is 0 Å². The van der Waals surface area contributed by atoms with E-state index in [-0.39, 0.29) is 0 Å². The van der Waals surface area contributed by atoms with Crippen LogP contribution in [0, 0.1) is 47.3 Å². The number of rotatable bonds is 3. The Morgan fingerprint density at radius 1 is 0.714 bits per heavy atom. The van der Waals surface area contributed by atoms with Crippen LogP contribution in [-0.4, -0.2) is 21.0 Å². The van der Waals surface area contributed by atoms with E-state index in [1.165, 1.54) is 64.2 Å². The predicted octanol–water partition coefficient (Wildman–Crippen LogP) is 5.19. The lowest BCUT2D eigenvalue weighted by atomic mass is 9.51. The second kappa shape index (κ2) is 5.64. The number of carbonyl (C=O) groups is 1. The third-order valence-corrected chi connectivity index (χ3v) is 10.1. The molecule has 150 valence electrons. The number of carboxylic acid groups (broad SMARTS) is 1. The molecular weight excluding hydrogens is 348 g/mol. The molecule has 8 bridgehead atoms. The molecule has 4 nitrogen and oxygen atoms in total. The summed E-state index contributed by atoms with van der Waals surface area (Å²) >= 11 is 0. The Hall–Kier alpha value is -1.32. The quantitative estimate of drug-likeness (QED) is 0.758. The Morgan fingerprint density at radius 3 is 1.57 bits per heavy atom. The number of nitrogens with one attached hydrogen (secondary N) is 1. The SMILES string of the molecule is O=C(O)c1nc(C2C3CC4CC(C3)CC2C4)[nH]c1C1C2CC3CC(C2)CC1C3. The minimum Gasteiger partial charge on any atom is -0.476 e. The molecule has 1 aromatic heterocycles. The number of H-pyrrole nitrogens is 1. The van der Waals surface area contributed by atoms with Gasteiger partial charge in [0, 0.05) is 11.8 Å². The fraction of sp³-hybridized carbons (Fsp3) is 0.833. The van der Waals surface area contributed by atoms with Gasteiger partial charge in [0.05, 0.1) is 5.69 Å². The van der Waals surface area contributed by atoms with Crippen LogP contribution in [0.1, 0.15) is 98.1 Å². The number of nitrogens with zero attached hydrogens (tertiary/aromatic N) is 1. The van der Waals surface area contributed by atoms with E-state index < -0.39 is 5.97 Å². The molecular formula is C24H32N2O2. The number of carboxylic acids is 1. The van der Waals surface area contributed by atoms with Gasteiger partial charge in [0.25, 0.3) is 0 Å². The number of imidazole rings is 1. The highest BCUT2D eigenvalue weighted by molar-refractivity contribution is 5.87. The molecule has 0 aromatic carbocycles. The van der Waals surface area contributed by atoms with E-state index in [1.807, 2.05) is 0 Å². The van der Waals surface area contributed by atoms with Gasteiger partial charge in [-0.15, -0.1) is 0 Å². The molecule has 8 saturated carbocycles. The number of aromatic nitrogens is 2. The maximum atomic E-state index is 12.2. The molecule has 8 aliphatic rings. The number of aromatic carboxylic acids is 1. The van der Waals surface area contributed by atoms with Crippen molar-refractivity contribution in [2.45, 2.75) is 76.0 Å². The van der Waals surface area contributed by atoms with Gasteiger partial charge < -0.3 is 10.1 Å². The molecule has 0 atom stereocenters. The predicted molar refractivity (Wildman–Crippen MR) is 105 cm³/mol. The van der Waals surface area contributed by atoms with E-state index in [0.29, 0.717) is 29.4 Å². The van der Waals surface area contributed by atoms with Crippen LogP contribution in [0.5, 0.6) is 0 Å². The topological polar surface area (TPSA) is 66.0 Å². The molecule has 0 amide bonds. The zero-order valence-corrected chi connectivity index (χ0v) is 16.6. The van der Waals surface area contributed by atoms with Crippen molar-refractivity contribution in [2.75, 3.05) is 0 Å². The molecule has 0 unspecified atom stereocenters. The molecule has 8 aliphatic carbocycles. The average molecular weight is 381 g/mol. The van der Waals surface area contributed by atoms with Crippen LogP contribution in [0.25, 0.3) is 0 Å². The summed E-state index contributed by atoms with van der Waals surface area (Å²) in [5.41, 5.74) is 1.39. The summed E-state index contributed by atoms with van der Waals surface area (Å²) in [6, 6.07) is 0. The Balaban J connectivity index is 1.27. The normalized spacial score (nSPS) is 50.4. The van der Waals surface area contributed by atoms with Crippen molar-refractivity contribution >= 4 is 5.97 Å². The number of hydrogen-bond acceptors (Lipinski definition) is 2. The van der Waals surface area contributed by atoms with Gasteiger partial charge in [0.15, 0.2) is 5.69 Å². The van der Waals surface area contributed by atoms with E-state index in [4.69, 9.17) is 4.98 Å². The van der Waals surface area contributed by atoms with Crippen LogP contribution in [0.15, 0.2) is 0 Å². The van der Waals surface area contributed by atoms with E-state index in [2.05, 4.69) is 4.98 Å². The first kappa shape index (κ1) is 16.5. The number of aromatic amines is 1. The third-order valence-electron chi connectivity index (χ3n) is 10.1. The first-order chi connectivity index (χ1) is 13.6. The van der Waals surface area contributed by atoms with Gasteiger partial charge in [-0.3, -0.25) is 0 Å². The van der Waals surface area contributed by atoms with Gasteiger partial charge >= 0.3 is 5.97 Å². The first-order valence-corrected chi connectivity index (χ1v) is 12.0. The van der Waals surface area contributed by atoms with Crippen molar-refractivity contribution in [3.05, 3.63) is 17.2 Å². The molecule has 4 heteroatoms. The standard InChI is InChI=1S/C24H32N2O2/c27-24(28)22-21(19-15-3-11-1-12(5-15)6-16(19)4-11)25-23(26-22)20-17-7-13-2-14(9-17)10-18(20)8-13/h11-20H,1-10H2,(H,25,26)(H,27,28). The summed E-state index contributed by atoms with van der Waals surface area (Å²) < 4.78 is 0. The zero-order chi connectivity index (χ0) is 18.6. The molecule has 2 N–H and O–H groups in total. The molecule has 0 radical (unpaired) electrons. The monoisotopic (exact) mass is 380 g/mol. The Bertz CT molecular complexity index is 771. The van der Waals surface area contributed by atoms with Crippen LogP contribution >= 0.6 is 0 Å². The summed E-state index contributed by atoms with van der Waals surface area (Å²) in [6.07, 6.45) is 13.6. The summed E-state index contributed by atoms with van der Waals surface area (Å²) in [6.45, 7) is 0. The lowest BCUT2D eigenvalue weighted by Gasteiger charge is -2.54. The fourth-order valence-corrected chi connectivity index (χ4v) is 9.74. The molecule has 8 fully saturated rings. The van der Waals surface area contributed by atoms with Crippen LogP contribution in [0.2, 0.25) is 0 Å². The van der Waals surface area contributed by atoms with Gasteiger partial charge in [0.1, 0.15) is 5.82 Å². The zero-order valence-electron chi connectivity index (χ0n) is 16.6. The minimum atomic E-state index is -0.810. The molecule has 0 spiro atoms. The van der Waals surface area contributed by atoms with E-state index in [9.17, 15) is 9.90 Å². The maximum Gasteiger partial charge on any atom is 0.356 e. The lowest BCUT2D eigenvalue weighted by molar-refractivity contribution is -0.00744. The second-order valence-corrected chi connectivity index (χ2v) is 11.6. The second-order valence-electron chi connectivity index (χ2n) is 11.6. The maximum absolute atomic E-state index is 12.2. The van der Waals surface area contributed by atoms with Crippen LogP contribution in [0.4, 0.5) is 0 Å². The lowest BCUT2D eigenvalue weighted by Crippen LogP contribution is -2.44. The molecule has 28 heavy (non-hydrogen) atoms. The Morgan fingerprint density at radius 2 is 1.14 bits per heavy atom. The van der Waals surface area contributed by atoms with Crippen molar-refractivity contribution in [3.8, 4) is 0 Å². The van der Waals surface area contributed by atoms with E-state index in [1.54, 1.807) is 0 Å².